The number of nitrogens with zero attached hydrogens (tertiary/aromatic N) is 1. The molecule has 0 atom stereocenters. The molecule has 0 unspecified atom stereocenters. The molecule has 0 spiro atoms. The van der Waals surface area contributed by atoms with E-state index in [-0.39, 0.29) is 18.0 Å². The predicted octanol–water partition coefficient (Wildman–Crippen LogP) is 0.757. The lowest BCUT2D eigenvalue weighted by Crippen LogP contribution is -2.56. The molecule has 100 valence electrons. The Kier molecular flexibility index (Phi) is 3.44. The summed E-state index contributed by atoms with van der Waals surface area (Å²) in [7, 11) is -6.78. The molecule has 5 nitrogen and oxygen atoms in total. The van der Waals surface area contributed by atoms with Crippen molar-refractivity contribution in [1.82, 2.24) is 4.31 Å². The van der Waals surface area contributed by atoms with Gasteiger partial charge in [0, 0.05) is 18.1 Å². The first-order chi connectivity index (χ1) is 8.21. The van der Waals surface area contributed by atoms with Crippen molar-refractivity contribution in [2.75, 3.05) is 19.3 Å². The Balaban J connectivity index is 2.18. The van der Waals surface area contributed by atoms with Gasteiger partial charge in [0.25, 0.3) is 0 Å². The zero-order valence-corrected chi connectivity index (χ0v) is 12.0. The Bertz CT molecular complexity index is 646. The third-order valence-corrected chi connectivity index (χ3v) is 6.46. The highest BCUT2D eigenvalue weighted by Crippen LogP contribution is 2.26. The maximum absolute atomic E-state index is 12.1. The van der Waals surface area contributed by atoms with E-state index in [1.807, 2.05) is 0 Å². The molecule has 0 amide bonds. The van der Waals surface area contributed by atoms with E-state index in [0.29, 0.717) is 5.02 Å². The average molecular weight is 310 g/mol. The molecular weight excluding hydrogens is 298 g/mol. The minimum Gasteiger partial charge on any atom is -0.223 e. The van der Waals surface area contributed by atoms with Gasteiger partial charge in [-0.1, -0.05) is 11.6 Å². The number of benzene rings is 1. The van der Waals surface area contributed by atoms with E-state index in [9.17, 15) is 16.8 Å². The lowest BCUT2D eigenvalue weighted by atomic mass is 10.3. The number of sulfone groups is 1. The normalized spacial score (nSPS) is 18.6. The fourth-order valence-corrected chi connectivity index (χ4v) is 4.55. The van der Waals surface area contributed by atoms with Crippen LogP contribution in [0.2, 0.25) is 5.02 Å². The Hall–Kier alpha value is -0.630. The van der Waals surface area contributed by atoms with Crippen LogP contribution in [0.1, 0.15) is 0 Å². The van der Waals surface area contributed by atoms with Gasteiger partial charge in [-0.25, -0.2) is 16.8 Å². The van der Waals surface area contributed by atoms with Gasteiger partial charge in [0.15, 0.2) is 9.84 Å². The first-order valence-corrected chi connectivity index (χ1v) is 8.93. The van der Waals surface area contributed by atoms with Crippen LogP contribution in [0.5, 0.6) is 0 Å². The maximum atomic E-state index is 12.1. The summed E-state index contributed by atoms with van der Waals surface area (Å²) < 4.78 is 47.8. The van der Waals surface area contributed by atoms with Crippen molar-refractivity contribution in [3.63, 3.8) is 0 Å². The Morgan fingerprint density at radius 1 is 1.11 bits per heavy atom. The number of halogens is 1. The van der Waals surface area contributed by atoms with Crippen molar-refractivity contribution < 1.29 is 16.8 Å². The van der Waals surface area contributed by atoms with Crippen LogP contribution >= 0.6 is 11.6 Å². The first-order valence-electron chi connectivity index (χ1n) is 5.16. The minimum atomic E-state index is -3.48. The summed E-state index contributed by atoms with van der Waals surface area (Å²) in [5, 5.41) is -0.214. The quantitative estimate of drug-likeness (QED) is 0.826. The second kappa shape index (κ2) is 4.48. The van der Waals surface area contributed by atoms with Gasteiger partial charge < -0.3 is 0 Å². The summed E-state index contributed by atoms with van der Waals surface area (Å²) in [6.07, 6.45) is 1.07. The molecule has 1 aromatic rings. The summed E-state index contributed by atoms with van der Waals surface area (Å²) in [6, 6.07) is 5.87. The molecule has 0 N–H and O–H groups in total. The van der Waals surface area contributed by atoms with Crippen molar-refractivity contribution >= 4 is 31.5 Å². The molecule has 1 aliphatic rings. The highest BCUT2D eigenvalue weighted by Gasteiger charge is 2.42. The molecule has 0 aromatic heterocycles. The van der Waals surface area contributed by atoms with Gasteiger partial charge in [0.05, 0.1) is 16.4 Å². The highest BCUT2D eigenvalue weighted by atomic mass is 35.5. The zero-order chi connectivity index (χ0) is 13.6. The van der Waals surface area contributed by atoms with Crippen LogP contribution in [-0.2, 0) is 19.9 Å². The average Bonchev–Trinajstić information content (AvgIpc) is 2.12. The standard InChI is InChI=1S/C10H12ClNO4S2/c1-17(13,14)12-6-10(7-12)18(15,16)9-4-2-8(11)3-5-9/h2-5,10H,6-7H2,1H3. The van der Waals surface area contributed by atoms with Gasteiger partial charge in [0.2, 0.25) is 10.0 Å². The van der Waals surface area contributed by atoms with Crippen LogP contribution in [0.3, 0.4) is 0 Å². The summed E-state index contributed by atoms with van der Waals surface area (Å²) in [5.41, 5.74) is 0. The van der Waals surface area contributed by atoms with Crippen LogP contribution in [0.25, 0.3) is 0 Å². The van der Waals surface area contributed by atoms with Crippen LogP contribution in [0.15, 0.2) is 29.2 Å². The fourth-order valence-electron chi connectivity index (χ4n) is 1.68. The van der Waals surface area contributed by atoms with Crippen LogP contribution in [0.4, 0.5) is 0 Å². The number of hydrogen-bond donors (Lipinski definition) is 0. The lowest BCUT2D eigenvalue weighted by Gasteiger charge is -2.36. The molecule has 2 rings (SSSR count). The van der Waals surface area contributed by atoms with Gasteiger partial charge >= 0.3 is 0 Å². The van der Waals surface area contributed by atoms with Crippen LogP contribution in [0, 0.1) is 0 Å². The summed E-state index contributed by atoms with van der Waals surface area (Å²) in [6.45, 7) is 0.0353. The predicted molar refractivity (Wildman–Crippen MR) is 68.8 cm³/mol. The molecule has 1 saturated heterocycles. The van der Waals surface area contributed by atoms with Crippen molar-refractivity contribution in [1.29, 1.82) is 0 Å². The summed E-state index contributed by atoms with van der Waals surface area (Å²) >= 11 is 5.69. The monoisotopic (exact) mass is 309 g/mol. The second-order valence-corrected chi connectivity index (χ2v) is 8.85. The molecule has 0 saturated carbocycles. The second-order valence-electron chi connectivity index (χ2n) is 4.20. The molecule has 1 aromatic carbocycles. The Morgan fingerprint density at radius 3 is 2.06 bits per heavy atom. The van der Waals surface area contributed by atoms with E-state index in [0.717, 1.165) is 10.6 Å². The Labute approximate surface area is 111 Å². The first kappa shape index (κ1) is 13.8. The van der Waals surface area contributed by atoms with Crippen molar-refractivity contribution in [2.45, 2.75) is 10.1 Å². The van der Waals surface area contributed by atoms with E-state index < -0.39 is 25.1 Å². The number of sulfonamides is 1. The molecule has 1 aliphatic heterocycles. The lowest BCUT2D eigenvalue weighted by molar-refractivity contribution is 0.312. The molecule has 1 heterocycles. The third kappa shape index (κ3) is 2.54. The highest BCUT2D eigenvalue weighted by molar-refractivity contribution is 7.92. The van der Waals surface area contributed by atoms with E-state index in [1.54, 1.807) is 0 Å². The number of rotatable bonds is 3. The van der Waals surface area contributed by atoms with Crippen molar-refractivity contribution in [3.8, 4) is 0 Å². The third-order valence-electron chi connectivity index (χ3n) is 2.86. The topological polar surface area (TPSA) is 71.5 Å². The maximum Gasteiger partial charge on any atom is 0.211 e. The minimum absolute atomic E-state index is 0.0177. The van der Waals surface area contributed by atoms with Gasteiger partial charge in [-0.2, -0.15) is 4.31 Å². The Morgan fingerprint density at radius 2 is 1.61 bits per heavy atom. The molecule has 1 fully saturated rings. The fraction of sp³-hybridized carbons (Fsp3) is 0.400. The SMILES string of the molecule is CS(=O)(=O)N1CC(S(=O)(=O)c2ccc(Cl)cc2)C1. The molecule has 18 heavy (non-hydrogen) atoms. The van der Waals surface area contributed by atoms with Crippen LogP contribution in [-0.4, -0.2) is 45.7 Å². The molecular formula is C10H12ClNO4S2. The summed E-state index contributed by atoms with van der Waals surface area (Å²) in [4.78, 5) is 0.171. The smallest absolute Gasteiger partial charge is 0.211 e. The van der Waals surface area contributed by atoms with E-state index in [2.05, 4.69) is 0 Å². The van der Waals surface area contributed by atoms with Crippen molar-refractivity contribution in [3.05, 3.63) is 29.3 Å². The molecule has 0 aliphatic carbocycles. The van der Waals surface area contributed by atoms with Crippen LogP contribution < -0.4 is 0 Å². The van der Waals surface area contributed by atoms with Gasteiger partial charge in [0.1, 0.15) is 0 Å². The summed E-state index contributed by atoms with van der Waals surface area (Å²) in [5.74, 6) is 0. The van der Waals surface area contributed by atoms with Crippen molar-refractivity contribution in [2.24, 2.45) is 0 Å². The van der Waals surface area contributed by atoms with Gasteiger partial charge in [-0.15, -0.1) is 0 Å². The van der Waals surface area contributed by atoms with E-state index in [1.165, 1.54) is 24.3 Å². The zero-order valence-electron chi connectivity index (χ0n) is 9.58. The van der Waals surface area contributed by atoms with E-state index in [4.69, 9.17) is 11.6 Å². The van der Waals surface area contributed by atoms with Gasteiger partial charge in [-0.3, -0.25) is 0 Å². The van der Waals surface area contributed by atoms with E-state index >= 15 is 0 Å². The molecule has 8 heteroatoms. The molecule has 0 bridgehead atoms. The molecule has 0 radical (unpaired) electrons. The number of hydrogen-bond acceptors (Lipinski definition) is 4. The largest absolute Gasteiger partial charge is 0.223 e. The van der Waals surface area contributed by atoms with Gasteiger partial charge in [-0.05, 0) is 24.3 Å².